The van der Waals surface area contributed by atoms with Gasteiger partial charge in [0, 0.05) is 43.3 Å². The van der Waals surface area contributed by atoms with E-state index >= 15 is 0 Å². The number of pyridine rings is 1. The third-order valence-corrected chi connectivity index (χ3v) is 5.65. The van der Waals surface area contributed by atoms with Crippen LogP contribution in [0, 0.1) is 0 Å². The molecule has 0 atom stereocenters. The number of nitrogen functional groups attached to an aromatic ring is 1. The maximum atomic E-state index is 13.1. The van der Waals surface area contributed by atoms with Crippen molar-refractivity contribution in [1.82, 2.24) is 19.9 Å². The summed E-state index contributed by atoms with van der Waals surface area (Å²) in [6.07, 6.45) is -0.204. The first kappa shape index (κ1) is 22.8. The van der Waals surface area contributed by atoms with E-state index in [0.717, 1.165) is 6.29 Å². The molecule has 0 radical (unpaired) electrons. The fourth-order valence-corrected chi connectivity index (χ4v) is 4.08. The van der Waals surface area contributed by atoms with Gasteiger partial charge in [0.15, 0.2) is 0 Å². The number of aromatic nitrogens is 3. The van der Waals surface area contributed by atoms with E-state index in [1.165, 1.54) is 24.5 Å². The number of carbonyl (C=O) groups is 1. The monoisotopic (exact) mass is 476 g/mol. The molecule has 0 spiro atoms. The van der Waals surface area contributed by atoms with E-state index in [0.29, 0.717) is 48.5 Å². The van der Waals surface area contributed by atoms with Crippen molar-refractivity contribution in [1.29, 1.82) is 0 Å². The Bertz CT molecular complexity index is 1210. The molecule has 3 heterocycles. The van der Waals surface area contributed by atoms with Crippen molar-refractivity contribution in [3.05, 3.63) is 53.5 Å². The Morgan fingerprint density at radius 2 is 1.88 bits per heavy atom. The van der Waals surface area contributed by atoms with Gasteiger partial charge < -0.3 is 15.5 Å². The standard InChI is InChI=1S/C22H20ClF3N6O/c23-17-10-16-18(11-15(17)20-14(12-22(24,25)26)2-3-19(27)30-20)28-13-29-21(16)32-7-5-31(6-8-32)4-1-9-33/h1-4,9-11,13H,5-8,12H2,(H2,27,30). The smallest absolute Gasteiger partial charge is 0.384 e. The summed E-state index contributed by atoms with van der Waals surface area (Å²) in [6, 6.07) is 5.93. The number of carbonyl (C=O) groups excluding carboxylic acids is 1. The van der Waals surface area contributed by atoms with E-state index in [1.54, 1.807) is 18.3 Å². The average molecular weight is 477 g/mol. The van der Waals surface area contributed by atoms with Gasteiger partial charge in [0.1, 0.15) is 24.2 Å². The molecule has 7 nitrogen and oxygen atoms in total. The summed E-state index contributed by atoms with van der Waals surface area (Å²) in [6.45, 7) is 2.74. The van der Waals surface area contributed by atoms with E-state index < -0.39 is 12.6 Å². The predicted molar refractivity (Wildman–Crippen MR) is 121 cm³/mol. The lowest BCUT2D eigenvalue weighted by Crippen LogP contribution is -2.44. The number of anilines is 2. The Balaban J connectivity index is 1.71. The van der Waals surface area contributed by atoms with Crippen LogP contribution in [0.1, 0.15) is 5.56 Å². The molecule has 33 heavy (non-hydrogen) atoms. The summed E-state index contributed by atoms with van der Waals surface area (Å²) in [5.74, 6) is 0.778. The molecular formula is C22H20ClF3N6O. The Hall–Kier alpha value is -3.40. The molecule has 11 heteroatoms. The molecule has 0 bridgehead atoms. The molecule has 172 valence electrons. The van der Waals surface area contributed by atoms with E-state index in [2.05, 4.69) is 19.9 Å². The highest BCUT2D eigenvalue weighted by molar-refractivity contribution is 6.34. The lowest BCUT2D eigenvalue weighted by atomic mass is 10.0. The molecule has 3 aromatic rings. The number of benzene rings is 1. The van der Waals surface area contributed by atoms with Crippen LogP contribution in [-0.4, -0.2) is 58.5 Å². The molecule has 2 aromatic heterocycles. The number of nitrogens with zero attached hydrogens (tertiary/aromatic N) is 5. The molecule has 2 N–H and O–H groups in total. The Morgan fingerprint density at radius 1 is 1.12 bits per heavy atom. The number of alkyl halides is 3. The number of fused-ring (bicyclic) bond motifs is 1. The van der Waals surface area contributed by atoms with E-state index in [9.17, 15) is 18.0 Å². The second-order valence-corrected chi connectivity index (χ2v) is 7.99. The molecule has 1 saturated heterocycles. The highest BCUT2D eigenvalue weighted by Gasteiger charge is 2.30. The van der Waals surface area contributed by atoms with Crippen molar-refractivity contribution in [2.75, 3.05) is 36.8 Å². The van der Waals surface area contributed by atoms with Crippen LogP contribution in [-0.2, 0) is 11.2 Å². The minimum Gasteiger partial charge on any atom is -0.384 e. The van der Waals surface area contributed by atoms with Gasteiger partial charge in [-0.1, -0.05) is 17.7 Å². The van der Waals surface area contributed by atoms with Gasteiger partial charge >= 0.3 is 6.18 Å². The minimum absolute atomic E-state index is 0.0215. The number of halogens is 4. The van der Waals surface area contributed by atoms with Crippen molar-refractivity contribution < 1.29 is 18.0 Å². The molecule has 0 amide bonds. The minimum atomic E-state index is -4.41. The van der Waals surface area contributed by atoms with E-state index in [1.807, 2.05) is 4.90 Å². The quantitative estimate of drug-likeness (QED) is 0.442. The number of nitrogens with two attached hydrogens (primary N) is 1. The number of aldehydes is 1. The fraction of sp³-hybridized carbons (Fsp3) is 0.273. The first-order chi connectivity index (χ1) is 15.7. The fourth-order valence-electron chi connectivity index (χ4n) is 3.83. The van der Waals surface area contributed by atoms with Gasteiger partial charge in [0.2, 0.25) is 0 Å². The summed E-state index contributed by atoms with van der Waals surface area (Å²) in [4.78, 5) is 27.5. The van der Waals surface area contributed by atoms with E-state index in [4.69, 9.17) is 17.3 Å². The largest absolute Gasteiger partial charge is 0.393 e. The molecule has 1 aliphatic heterocycles. The molecular weight excluding hydrogens is 457 g/mol. The second kappa shape index (κ2) is 9.22. The molecule has 1 fully saturated rings. The van der Waals surface area contributed by atoms with Gasteiger partial charge in [0.05, 0.1) is 22.7 Å². The Kier molecular flexibility index (Phi) is 6.37. The zero-order valence-corrected chi connectivity index (χ0v) is 18.1. The van der Waals surface area contributed by atoms with Crippen molar-refractivity contribution in [2.24, 2.45) is 0 Å². The normalized spacial score (nSPS) is 14.9. The first-order valence-electron chi connectivity index (χ1n) is 10.1. The second-order valence-electron chi connectivity index (χ2n) is 7.58. The number of rotatable bonds is 5. The van der Waals surface area contributed by atoms with Crippen LogP contribution >= 0.6 is 11.6 Å². The van der Waals surface area contributed by atoms with E-state index in [-0.39, 0.29) is 22.1 Å². The molecule has 0 saturated carbocycles. The third-order valence-electron chi connectivity index (χ3n) is 5.34. The maximum Gasteiger partial charge on any atom is 0.393 e. The first-order valence-corrected chi connectivity index (χ1v) is 10.5. The SMILES string of the molecule is Nc1ccc(CC(F)(F)F)c(-c2cc3ncnc(N4CCN(C=CC=O)CC4)c3cc2Cl)n1. The third kappa shape index (κ3) is 5.16. The lowest BCUT2D eigenvalue weighted by Gasteiger charge is -2.35. The summed E-state index contributed by atoms with van der Waals surface area (Å²) in [5.41, 5.74) is 6.67. The van der Waals surface area contributed by atoms with Crippen molar-refractivity contribution in [2.45, 2.75) is 12.6 Å². The van der Waals surface area contributed by atoms with Gasteiger partial charge in [-0.15, -0.1) is 0 Å². The van der Waals surface area contributed by atoms with Crippen LogP contribution in [0.2, 0.25) is 5.02 Å². The molecule has 1 aromatic carbocycles. The van der Waals surface area contributed by atoms with Crippen molar-refractivity contribution in [3.63, 3.8) is 0 Å². The highest BCUT2D eigenvalue weighted by atomic mass is 35.5. The molecule has 1 aliphatic rings. The van der Waals surface area contributed by atoms with Crippen LogP contribution in [0.25, 0.3) is 22.2 Å². The molecule has 0 unspecified atom stereocenters. The summed E-state index contributed by atoms with van der Waals surface area (Å²) < 4.78 is 39.3. The van der Waals surface area contributed by atoms with Gasteiger partial charge in [-0.2, -0.15) is 13.2 Å². The molecule has 0 aliphatic carbocycles. The Labute approximate surface area is 192 Å². The summed E-state index contributed by atoms with van der Waals surface area (Å²) in [5, 5.41) is 0.914. The van der Waals surface area contributed by atoms with Crippen LogP contribution < -0.4 is 10.6 Å². The lowest BCUT2D eigenvalue weighted by molar-refractivity contribution is -0.127. The van der Waals surface area contributed by atoms with Crippen LogP contribution in [0.5, 0.6) is 0 Å². The van der Waals surface area contributed by atoms with Crippen molar-refractivity contribution in [3.8, 4) is 11.3 Å². The summed E-state index contributed by atoms with van der Waals surface area (Å²) in [7, 11) is 0. The van der Waals surface area contributed by atoms with Crippen molar-refractivity contribution >= 4 is 40.4 Å². The van der Waals surface area contributed by atoms with Gasteiger partial charge in [-0.05, 0) is 29.8 Å². The number of piperazine rings is 1. The number of hydrogen-bond donors (Lipinski definition) is 1. The zero-order chi connectivity index (χ0) is 23.6. The molecule has 4 rings (SSSR count). The topological polar surface area (TPSA) is 88.2 Å². The van der Waals surface area contributed by atoms with Crippen LogP contribution in [0.15, 0.2) is 42.9 Å². The average Bonchev–Trinajstić information content (AvgIpc) is 2.78. The van der Waals surface area contributed by atoms with Gasteiger partial charge in [0.25, 0.3) is 0 Å². The van der Waals surface area contributed by atoms with Crippen LogP contribution in [0.3, 0.4) is 0 Å². The van der Waals surface area contributed by atoms with Gasteiger partial charge in [-0.25, -0.2) is 15.0 Å². The number of hydrogen-bond acceptors (Lipinski definition) is 7. The highest BCUT2D eigenvalue weighted by Crippen LogP contribution is 2.37. The number of allylic oxidation sites excluding steroid dienone is 1. The van der Waals surface area contributed by atoms with Gasteiger partial charge in [-0.3, -0.25) is 4.79 Å². The van der Waals surface area contributed by atoms with Crippen LogP contribution in [0.4, 0.5) is 24.8 Å². The predicted octanol–water partition coefficient (Wildman–Crippen LogP) is 3.87. The summed E-state index contributed by atoms with van der Waals surface area (Å²) >= 11 is 6.54. The maximum absolute atomic E-state index is 13.1. The Morgan fingerprint density at radius 3 is 2.58 bits per heavy atom. The zero-order valence-electron chi connectivity index (χ0n) is 17.4.